The minimum Gasteiger partial charge on any atom is -0.480 e. The van der Waals surface area contributed by atoms with Gasteiger partial charge < -0.3 is 38.3 Å². The number of carbonyl (C=O) groups excluding carboxylic acids is 5. The Kier molecular flexibility index (Phi) is 13.6. The lowest BCUT2D eigenvalue weighted by molar-refractivity contribution is -0.142. The lowest BCUT2D eigenvalue weighted by Gasteiger charge is -2.21. The van der Waals surface area contributed by atoms with Crippen molar-refractivity contribution in [2.75, 3.05) is 18.6 Å². The number of hydrogen-bond acceptors (Lipinski definition) is 8. The van der Waals surface area contributed by atoms with Crippen molar-refractivity contribution < 1.29 is 33.9 Å². The van der Waals surface area contributed by atoms with E-state index in [1.807, 2.05) is 6.26 Å². The molecule has 0 aliphatic carbocycles. The van der Waals surface area contributed by atoms with Crippen molar-refractivity contribution in [1.29, 1.82) is 0 Å². The summed E-state index contributed by atoms with van der Waals surface area (Å²) in [7, 11) is 0. The van der Waals surface area contributed by atoms with E-state index >= 15 is 0 Å². The topological polar surface area (TPSA) is 237 Å². The maximum Gasteiger partial charge on any atom is 0.326 e. The number of carbonyl (C=O) groups is 6. The second-order valence-corrected chi connectivity index (χ2v) is 7.62. The van der Waals surface area contributed by atoms with E-state index in [0.717, 1.165) is 0 Å². The van der Waals surface area contributed by atoms with Crippen LogP contribution in [0.2, 0.25) is 0 Å². The Balaban J connectivity index is 4.95. The van der Waals surface area contributed by atoms with E-state index in [1.54, 1.807) is 0 Å². The van der Waals surface area contributed by atoms with Crippen molar-refractivity contribution in [2.24, 2.45) is 17.2 Å². The standard InChI is InChI=1S/C17H30N6O7S/c1-31-7-6-9(18)15(27)21-8-14(26)22-10(2-4-12(19)24)16(28)23-11(17(29)30)3-5-13(20)25/h9-11H,2-8,18H2,1H3,(H2,19,24)(H2,20,25)(H,21,27)(H,22,26)(H,23,28)(H,29,30). The smallest absolute Gasteiger partial charge is 0.326 e. The number of carboxylic acids is 1. The van der Waals surface area contributed by atoms with Gasteiger partial charge in [0.15, 0.2) is 0 Å². The number of rotatable bonds is 16. The van der Waals surface area contributed by atoms with Crippen molar-refractivity contribution >= 4 is 47.3 Å². The molecule has 0 saturated heterocycles. The van der Waals surface area contributed by atoms with Gasteiger partial charge in [-0.2, -0.15) is 11.8 Å². The lowest BCUT2D eigenvalue weighted by atomic mass is 10.1. The first-order valence-electron chi connectivity index (χ1n) is 9.39. The molecule has 0 heterocycles. The van der Waals surface area contributed by atoms with E-state index in [4.69, 9.17) is 17.2 Å². The fourth-order valence-electron chi connectivity index (χ4n) is 2.29. The van der Waals surface area contributed by atoms with Crippen LogP contribution in [-0.4, -0.2) is 77.3 Å². The molecule has 0 aliphatic rings. The SMILES string of the molecule is CSCCC(N)C(=O)NCC(=O)NC(CCC(N)=O)C(=O)NC(CCC(N)=O)C(=O)O. The summed E-state index contributed by atoms with van der Waals surface area (Å²) in [5.41, 5.74) is 15.8. The second-order valence-electron chi connectivity index (χ2n) is 6.64. The van der Waals surface area contributed by atoms with Crippen LogP contribution < -0.4 is 33.2 Å². The fraction of sp³-hybridized carbons (Fsp3) is 0.647. The van der Waals surface area contributed by atoms with Crippen LogP contribution in [0, 0.1) is 0 Å². The number of primary amides is 2. The summed E-state index contributed by atoms with van der Waals surface area (Å²) in [6, 6.07) is -3.52. The zero-order valence-corrected chi connectivity index (χ0v) is 18.0. The Bertz CT molecular complexity index is 675. The van der Waals surface area contributed by atoms with Crippen molar-refractivity contribution in [2.45, 2.75) is 50.2 Å². The van der Waals surface area contributed by atoms with E-state index in [-0.39, 0.29) is 25.7 Å². The molecule has 0 bridgehead atoms. The predicted octanol–water partition coefficient (Wildman–Crippen LogP) is -3.23. The highest BCUT2D eigenvalue weighted by molar-refractivity contribution is 7.98. The molecule has 0 spiro atoms. The summed E-state index contributed by atoms with van der Waals surface area (Å²) in [5, 5.41) is 16.0. The minimum atomic E-state index is -1.43. The highest BCUT2D eigenvalue weighted by atomic mass is 32.2. The molecule has 3 atom stereocenters. The maximum absolute atomic E-state index is 12.4. The van der Waals surface area contributed by atoms with Crippen LogP contribution in [0.15, 0.2) is 0 Å². The number of nitrogens with one attached hydrogen (secondary N) is 3. The van der Waals surface area contributed by atoms with Crippen molar-refractivity contribution in [3.05, 3.63) is 0 Å². The van der Waals surface area contributed by atoms with Gasteiger partial charge in [0.25, 0.3) is 0 Å². The van der Waals surface area contributed by atoms with Gasteiger partial charge in [0, 0.05) is 12.8 Å². The highest BCUT2D eigenvalue weighted by Crippen LogP contribution is 2.03. The van der Waals surface area contributed by atoms with Crippen LogP contribution >= 0.6 is 11.8 Å². The van der Waals surface area contributed by atoms with Gasteiger partial charge in [-0.3, -0.25) is 24.0 Å². The zero-order chi connectivity index (χ0) is 24.0. The van der Waals surface area contributed by atoms with Crippen molar-refractivity contribution in [1.82, 2.24) is 16.0 Å². The van der Waals surface area contributed by atoms with Crippen LogP contribution in [0.1, 0.15) is 32.1 Å². The van der Waals surface area contributed by atoms with Crippen molar-refractivity contribution in [3.8, 4) is 0 Å². The normalized spacial score (nSPS) is 13.4. The number of aliphatic carboxylic acids is 1. The first-order chi connectivity index (χ1) is 14.5. The summed E-state index contributed by atoms with van der Waals surface area (Å²) in [6.07, 6.45) is 1.28. The molecule has 0 fully saturated rings. The van der Waals surface area contributed by atoms with E-state index < -0.39 is 60.2 Å². The Morgan fingerprint density at radius 2 is 1.42 bits per heavy atom. The largest absolute Gasteiger partial charge is 0.480 e. The molecule has 10 N–H and O–H groups in total. The lowest BCUT2D eigenvalue weighted by Crippen LogP contribution is -2.54. The monoisotopic (exact) mass is 462 g/mol. The Hall–Kier alpha value is -2.87. The third-order valence-corrected chi connectivity index (χ3v) is 4.66. The van der Waals surface area contributed by atoms with Gasteiger partial charge in [-0.15, -0.1) is 0 Å². The molecule has 0 aromatic rings. The number of carboxylic acid groups (broad SMARTS) is 1. The molecule has 3 unspecified atom stereocenters. The first-order valence-corrected chi connectivity index (χ1v) is 10.8. The predicted molar refractivity (Wildman–Crippen MR) is 112 cm³/mol. The number of hydrogen-bond donors (Lipinski definition) is 7. The molecular weight excluding hydrogens is 432 g/mol. The molecule has 176 valence electrons. The summed E-state index contributed by atoms with van der Waals surface area (Å²) in [6.45, 7) is -0.476. The average molecular weight is 463 g/mol. The number of amides is 5. The molecule has 0 aliphatic heterocycles. The molecule has 0 saturated carbocycles. The number of thioether (sulfide) groups is 1. The molecule has 0 aromatic heterocycles. The molecule has 0 rings (SSSR count). The molecule has 0 radical (unpaired) electrons. The van der Waals surface area contributed by atoms with Gasteiger partial charge in [-0.1, -0.05) is 0 Å². The van der Waals surface area contributed by atoms with Gasteiger partial charge >= 0.3 is 5.97 Å². The summed E-state index contributed by atoms with van der Waals surface area (Å²) in [4.78, 5) is 69.7. The van der Waals surface area contributed by atoms with E-state index in [1.165, 1.54) is 11.8 Å². The first kappa shape index (κ1) is 28.1. The summed E-state index contributed by atoms with van der Waals surface area (Å²) in [5.74, 6) is -4.40. The van der Waals surface area contributed by atoms with Crippen LogP contribution in [0.4, 0.5) is 0 Å². The highest BCUT2D eigenvalue weighted by Gasteiger charge is 2.27. The second kappa shape index (κ2) is 15.0. The van der Waals surface area contributed by atoms with Gasteiger partial charge in [-0.05, 0) is 31.3 Å². The Morgan fingerprint density at radius 1 is 0.871 bits per heavy atom. The molecule has 31 heavy (non-hydrogen) atoms. The van der Waals surface area contributed by atoms with Crippen molar-refractivity contribution in [3.63, 3.8) is 0 Å². The number of nitrogens with two attached hydrogens (primary N) is 3. The molecule has 14 heteroatoms. The molecule has 13 nitrogen and oxygen atoms in total. The van der Waals surface area contributed by atoms with Gasteiger partial charge in [0.05, 0.1) is 12.6 Å². The third kappa shape index (κ3) is 13.1. The van der Waals surface area contributed by atoms with Crippen LogP contribution in [0.5, 0.6) is 0 Å². The average Bonchev–Trinajstić information content (AvgIpc) is 2.69. The quantitative estimate of drug-likeness (QED) is 0.122. The zero-order valence-electron chi connectivity index (χ0n) is 17.2. The van der Waals surface area contributed by atoms with E-state index in [9.17, 15) is 33.9 Å². The van der Waals surface area contributed by atoms with Crippen LogP contribution in [0.25, 0.3) is 0 Å². The fourth-order valence-corrected chi connectivity index (χ4v) is 2.78. The third-order valence-electron chi connectivity index (χ3n) is 4.02. The Labute approximate surface area is 183 Å². The minimum absolute atomic E-state index is 0.198. The summed E-state index contributed by atoms with van der Waals surface area (Å²) < 4.78 is 0. The molecule has 0 aromatic carbocycles. The van der Waals surface area contributed by atoms with E-state index in [2.05, 4.69) is 16.0 Å². The van der Waals surface area contributed by atoms with E-state index in [0.29, 0.717) is 12.2 Å². The Morgan fingerprint density at radius 3 is 1.90 bits per heavy atom. The van der Waals surface area contributed by atoms with Gasteiger partial charge in [0.1, 0.15) is 12.1 Å². The van der Waals surface area contributed by atoms with Crippen LogP contribution in [0.3, 0.4) is 0 Å². The van der Waals surface area contributed by atoms with Gasteiger partial charge in [-0.25, -0.2) is 4.79 Å². The summed E-state index contributed by atoms with van der Waals surface area (Å²) >= 11 is 1.51. The maximum atomic E-state index is 12.4. The molecular formula is C17H30N6O7S. The van der Waals surface area contributed by atoms with Gasteiger partial charge in [0.2, 0.25) is 29.5 Å². The molecule has 5 amide bonds. The van der Waals surface area contributed by atoms with Crippen LogP contribution in [-0.2, 0) is 28.8 Å².